The minimum Gasteiger partial charge on any atom is -0.399 e. The number of nitrogens with zero attached hydrogens (tertiary/aromatic N) is 2. The molecule has 0 saturated heterocycles. The highest BCUT2D eigenvalue weighted by atomic mass is 32.1. The van der Waals surface area contributed by atoms with Crippen molar-refractivity contribution in [2.45, 2.75) is 13.5 Å². The van der Waals surface area contributed by atoms with Crippen molar-refractivity contribution in [2.24, 2.45) is 0 Å². The van der Waals surface area contributed by atoms with Gasteiger partial charge >= 0.3 is 0 Å². The van der Waals surface area contributed by atoms with Crippen LogP contribution < -0.4 is 5.73 Å². The number of carbonyl (C=O) groups excluding carboxylic acids is 1. The number of rotatable bonds is 4. The molecule has 0 bridgehead atoms. The van der Waals surface area contributed by atoms with Crippen molar-refractivity contribution in [3.8, 4) is 0 Å². The Morgan fingerprint density at radius 2 is 2.29 bits per heavy atom. The lowest BCUT2D eigenvalue weighted by atomic mass is 10.1. The van der Waals surface area contributed by atoms with E-state index in [1.54, 1.807) is 28.4 Å². The highest BCUT2D eigenvalue weighted by Gasteiger charge is 2.20. The molecule has 5 nitrogen and oxygen atoms in total. The maximum absolute atomic E-state index is 12.7. The van der Waals surface area contributed by atoms with Gasteiger partial charge in [-0.25, -0.2) is 0 Å². The molecule has 1 amide bonds. The van der Waals surface area contributed by atoms with Gasteiger partial charge in [-0.15, -0.1) is 11.3 Å². The van der Waals surface area contributed by atoms with Crippen molar-refractivity contribution in [3.63, 3.8) is 0 Å². The number of nitrogens with two attached hydrogens (primary N) is 1. The van der Waals surface area contributed by atoms with E-state index >= 15 is 0 Å². The van der Waals surface area contributed by atoms with Crippen LogP contribution in [0.4, 0.5) is 5.69 Å². The van der Waals surface area contributed by atoms with Gasteiger partial charge in [-0.05, 0) is 36.6 Å². The number of nitrogens with one attached hydrogen (secondary N) is 1. The number of thiophene rings is 1. The summed E-state index contributed by atoms with van der Waals surface area (Å²) in [7, 11) is 0. The van der Waals surface area contributed by atoms with Crippen LogP contribution in [0, 0.1) is 0 Å². The van der Waals surface area contributed by atoms with Gasteiger partial charge in [0, 0.05) is 22.5 Å². The Bertz CT molecular complexity index is 763. The summed E-state index contributed by atoms with van der Waals surface area (Å²) in [5, 5.41) is 9.83. The SMILES string of the molecule is CCN(Cc1cccs1)C(=O)c1n[nH]c2ccc(N)cc12. The van der Waals surface area contributed by atoms with Crippen LogP contribution in [0.25, 0.3) is 10.9 Å². The first-order valence-electron chi connectivity index (χ1n) is 6.74. The average Bonchev–Trinajstić information content (AvgIpc) is 3.13. The maximum atomic E-state index is 12.7. The molecule has 0 aliphatic heterocycles. The van der Waals surface area contributed by atoms with Crippen LogP contribution in [0.2, 0.25) is 0 Å². The van der Waals surface area contributed by atoms with Crippen molar-refractivity contribution >= 4 is 33.8 Å². The van der Waals surface area contributed by atoms with E-state index < -0.39 is 0 Å². The Labute approximate surface area is 126 Å². The molecule has 3 rings (SSSR count). The van der Waals surface area contributed by atoms with Gasteiger partial charge in [-0.2, -0.15) is 5.10 Å². The van der Waals surface area contributed by atoms with Gasteiger partial charge in [-0.1, -0.05) is 6.07 Å². The molecular weight excluding hydrogens is 284 g/mol. The fraction of sp³-hybridized carbons (Fsp3) is 0.200. The largest absolute Gasteiger partial charge is 0.399 e. The molecule has 6 heteroatoms. The van der Waals surface area contributed by atoms with Crippen molar-refractivity contribution in [3.05, 3.63) is 46.3 Å². The summed E-state index contributed by atoms with van der Waals surface area (Å²) >= 11 is 1.65. The highest BCUT2D eigenvalue weighted by Crippen LogP contribution is 2.21. The molecule has 0 radical (unpaired) electrons. The van der Waals surface area contributed by atoms with Gasteiger partial charge in [0.15, 0.2) is 5.69 Å². The predicted molar refractivity (Wildman–Crippen MR) is 85.2 cm³/mol. The first-order valence-corrected chi connectivity index (χ1v) is 7.62. The predicted octanol–water partition coefficient (Wildman–Crippen LogP) is 2.87. The summed E-state index contributed by atoms with van der Waals surface area (Å²) in [6, 6.07) is 9.43. The minimum atomic E-state index is -0.0808. The zero-order valence-corrected chi connectivity index (χ0v) is 12.5. The fourth-order valence-electron chi connectivity index (χ4n) is 2.26. The lowest BCUT2D eigenvalue weighted by Gasteiger charge is -2.19. The van der Waals surface area contributed by atoms with Gasteiger partial charge < -0.3 is 10.6 Å². The number of amides is 1. The van der Waals surface area contributed by atoms with E-state index in [2.05, 4.69) is 10.2 Å². The van der Waals surface area contributed by atoms with Crippen LogP contribution in [0.5, 0.6) is 0 Å². The Morgan fingerprint density at radius 3 is 3.00 bits per heavy atom. The summed E-state index contributed by atoms with van der Waals surface area (Å²) in [5.74, 6) is -0.0808. The molecule has 0 unspecified atom stereocenters. The van der Waals surface area contributed by atoms with Crippen LogP contribution in [0.3, 0.4) is 0 Å². The number of carbonyl (C=O) groups is 1. The molecule has 0 fully saturated rings. The van der Waals surface area contributed by atoms with E-state index in [0.717, 1.165) is 15.8 Å². The molecule has 1 aromatic carbocycles. The number of aromatic amines is 1. The first kappa shape index (κ1) is 13.6. The van der Waals surface area contributed by atoms with Crippen molar-refractivity contribution in [1.29, 1.82) is 0 Å². The number of H-pyrrole nitrogens is 1. The van der Waals surface area contributed by atoms with Gasteiger partial charge in [0.05, 0.1) is 12.1 Å². The number of anilines is 1. The Hall–Kier alpha value is -2.34. The third-order valence-electron chi connectivity index (χ3n) is 3.39. The zero-order valence-electron chi connectivity index (χ0n) is 11.7. The number of benzene rings is 1. The molecule has 0 saturated carbocycles. The van der Waals surface area contributed by atoms with Crippen molar-refractivity contribution < 1.29 is 4.79 Å². The van der Waals surface area contributed by atoms with Gasteiger partial charge in [-0.3, -0.25) is 9.89 Å². The monoisotopic (exact) mass is 300 g/mol. The van der Waals surface area contributed by atoms with Crippen LogP contribution in [0.15, 0.2) is 35.7 Å². The molecular formula is C15H16N4OS. The maximum Gasteiger partial charge on any atom is 0.275 e. The number of hydrogen-bond donors (Lipinski definition) is 2. The first-order chi connectivity index (χ1) is 10.2. The Morgan fingerprint density at radius 1 is 1.43 bits per heavy atom. The van der Waals surface area contributed by atoms with Crippen LogP contribution in [-0.2, 0) is 6.54 Å². The second-order valence-corrected chi connectivity index (χ2v) is 5.81. The van der Waals surface area contributed by atoms with E-state index in [-0.39, 0.29) is 5.91 Å². The zero-order chi connectivity index (χ0) is 14.8. The molecule has 0 aliphatic carbocycles. The number of aromatic nitrogens is 2. The molecule has 108 valence electrons. The van der Waals surface area contributed by atoms with Crippen LogP contribution in [-0.4, -0.2) is 27.5 Å². The van der Waals surface area contributed by atoms with E-state index in [4.69, 9.17) is 5.73 Å². The second-order valence-electron chi connectivity index (χ2n) is 4.78. The van der Waals surface area contributed by atoms with E-state index in [1.165, 1.54) is 0 Å². The Balaban J connectivity index is 1.93. The van der Waals surface area contributed by atoms with Crippen molar-refractivity contribution in [1.82, 2.24) is 15.1 Å². The van der Waals surface area contributed by atoms with Crippen molar-refractivity contribution in [2.75, 3.05) is 12.3 Å². The van der Waals surface area contributed by atoms with E-state index in [9.17, 15) is 4.79 Å². The lowest BCUT2D eigenvalue weighted by Crippen LogP contribution is -2.30. The van der Waals surface area contributed by atoms with Crippen LogP contribution in [0.1, 0.15) is 22.3 Å². The van der Waals surface area contributed by atoms with Gasteiger partial charge in [0.25, 0.3) is 5.91 Å². The normalized spacial score (nSPS) is 10.9. The topological polar surface area (TPSA) is 75.0 Å². The molecule has 2 heterocycles. The molecule has 3 aromatic rings. The number of nitrogen functional groups attached to an aromatic ring is 1. The summed E-state index contributed by atoms with van der Waals surface area (Å²) in [6.45, 7) is 3.20. The van der Waals surface area contributed by atoms with Crippen LogP contribution >= 0.6 is 11.3 Å². The van der Waals surface area contributed by atoms with E-state index in [1.807, 2.05) is 30.5 Å². The third-order valence-corrected chi connectivity index (χ3v) is 4.25. The highest BCUT2D eigenvalue weighted by molar-refractivity contribution is 7.09. The average molecular weight is 300 g/mol. The quantitative estimate of drug-likeness (QED) is 0.727. The molecule has 21 heavy (non-hydrogen) atoms. The van der Waals surface area contributed by atoms with Gasteiger partial charge in [0.2, 0.25) is 0 Å². The smallest absolute Gasteiger partial charge is 0.275 e. The summed E-state index contributed by atoms with van der Waals surface area (Å²) < 4.78 is 0. The summed E-state index contributed by atoms with van der Waals surface area (Å²) in [4.78, 5) is 15.6. The molecule has 0 aliphatic rings. The second kappa shape index (κ2) is 5.57. The standard InChI is InChI=1S/C15H16N4OS/c1-2-19(9-11-4-3-7-21-11)15(20)14-12-8-10(16)5-6-13(12)17-18-14/h3-8H,2,9,16H2,1H3,(H,17,18). The van der Waals surface area contributed by atoms with Gasteiger partial charge in [0.1, 0.15) is 0 Å². The minimum absolute atomic E-state index is 0.0808. The summed E-state index contributed by atoms with van der Waals surface area (Å²) in [5.41, 5.74) is 7.68. The molecule has 0 atom stereocenters. The molecule has 2 aromatic heterocycles. The summed E-state index contributed by atoms with van der Waals surface area (Å²) in [6.07, 6.45) is 0. The third kappa shape index (κ3) is 2.62. The van der Waals surface area contributed by atoms with E-state index in [0.29, 0.717) is 24.5 Å². The lowest BCUT2D eigenvalue weighted by molar-refractivity contribution is 0.0750. The number of fused-ring (bicyclic) bond motifs is 1. The Kier molecular flexibility index (Phi) is 3.62. The molecule has 3 N–H and O–H groups in total. The fourth-order valence-corrected chi connectivity index (χ4v) is 2.98. The molecule has 0 spiro atoms. The number of hydrogen-bond acceptors (Lipinski definition) is 4.